The highest BCUT2D eigenvalue weighted by Gasteiger charge is 2.45. The summed E-state index contributed by atoms with van der Waals surface area (Å²) in [6.45, 7) is 5.54. The molecule has 1 saturated heterocycles. The van der Waals surface area contributed by atoms with E-state index in [1.54, 1.807) is 23.1 Å². The molecule has 2 aromatic rings. The van der Waals surface area contributed by atoms with Gasteiger partial charge in [0.2, 0.25) is 0 Å². The van der Waals surface area contributed by atoms with Crippen LogP contribution in [0.5, 0.6) is 5.75 Å². The van der Waals surface area contributed by atoms with Crippen LogP contribution in [-0.2, 0) is 9.59 Å². The van der Waals surface area contributed by atoms with Crippen LogP contribution >= 0.6 is 0 Å². The number of ether oxygens (including phenoxy) is 1. The molecule has 1 atom stereocenters. The Labute approximate surface area is 202 Å². The van der Waals surface area contributed by atoms with E-state index in [4.69, 9.17) is 4.74 Å². The van der Waals surface area contributed by atoms with Crippen LogP contribution in [0.2, 0.25) is 0 Å². The molecule has 182 valence electrons. The number of rotatable bonds is 9. The van der Waals surface area contributed by atoms with Crippen molar-refractivity contribution in [3.8, 4) is 5.75 Å². The Morgan fingerprint density at radius 1 is 1.06 bits per heavy atom. The van der Waals surface area contributed by atoms with Gasteiger partial charge in [0.25, 0.3) is 11.7 Å². The number of ketones is 1. The molecule has 1 heterocycles. The quantitative estimate of drug-likeness (QED) is 0.345. The number of hydrogen-bond acceptors (Lipinski definition) is 6. The number of aliphatic hydroxyl groups is 1. The van der Waals surface area contributed by atoms with Gasteiger partial charge in [0.15, 0.2) is 0 Å². The molecule has 0 aromatic heterocycles. The van der Waals surface area contributed by atoms with Crippen molar-refractivity contribution >= 4 is 23.1 Å². The second-order valence-electron chi connectivity index (χ2n) is 9.05. The van der Waals surface area contributed by atoms with Gasteiger partial charge in [-0.3, -0.25) is 9.59 Å². The molecule has 2 aromatic carbocycles. The first-order chi connectivity index (χ1) is 16.1. The number of aliphatic hydroxyl groups excluding tert-OH is 1. The summed E-state index contributed by atoms with van der Waals surface area (Å²) in [6.07, 6.45) is 0.717. The van der Waals surface area contributed by atoms with E-state index >= 15 is 0 Å². The minimum Gasteiger partial charge on any atom is -0.507 e. The maximum absolute atomic E-state index is 13.2. The van der Waals surface area contributed by atoms with Gasteiger partial charge in [-0.1, -0.05) is 12.1 Å². The van der Waals surface area contributed by atoms with Crippen molar-refractivity contribution < 1.29 is 19.4 Å². The first-order valence-electron chi connectivity index (χ1n) is 11.6. The minimum absolute atomic E-state index is 0.121. The van der Waals surface area contributed by atoms with Gasteiger partial charge in [-0.2, -0.15) is 0 Å². The van der Waals surface area contributed by atoms with Gasteiger partial charge in [0, 0.05) is 31.9 Å². The van der Waals surface area contributed by atoms with Crippen LogP contribution in [0.1, 0.15) is 36.1 Å². The van der Waals surface area contributed by atoms with Gasteiger partial charge >= 0.3 is 0 Å². The first-order valence-corrected chi connectivity index (χ1v) is 11.6. The molecular weight excluding hydrogens is 430 g/mol. The third-order valence-corrected chi connectivity index (χ3v) is 6.02. The van der Waals surface area contributed by atoms with Gasteiger partial charge in [-0.15, -0.1) is 0 Å². The zero-order valence-corrected chi connectivity index (χ0v) is 21.0. The number of likely N-dealkylation sites (tertiary alicyclic amines) is 1. The van der Waals surface area contributed by atoms with Gasteiger partial charge in [0.1, 0.15) is 11.5 Å². The number of Topliss-reactive ketones (excluding diaryl/α,β-unsaturated/α-hetero) is 1. The van der Waals surface area contributed by atoms with E-state index in [2.05, 4.69) is 0 Å². The predicted octanol–water partition coefficient (Wildman–Crippen LogP) is 3.83. The summed E-state index contributed by atoms with van der Waals surface area (Å²) in [5.41, 5.74) is 3.26. The largest absolute Gasteiger partial charge is 0.507 e. The standard InChI is InChI=1S/C27H35N3O4/c1-7-34-22-14-11-20(17-18(22)2)25(31)23-24(19-9-12-21(13-10-19)29(5)6)30(27(33)26(23)32)16-8-15-28(3)4/h9-14,17,24,31H,7-8,15-16H2,1-6H3/t24-/m0/s1. The molecule has 3 rings (SSSR count). The number of anilines is 1. The number of benzene rings is 2. The van der Waals surface area contributed by atoms with Gasteiger partial charge in [-0.25, -0.2) is 0 Å². The fourth-order valence-electron chi connectivity index (χ4n) is 4.24. The number of aryl methyl sites for hydroxylation is 1. The zero-order valence-electron chi connectivity index (χ0n) is 21.0. The Balaban J connectivity index is 2.09. The fourth-order valence-corrected chi connectivity index (χ4v) is 4.24. The van der Waals surface area contributed by atoms with Crippen LogP contribution in [0.25, 0.3) is 5.76 Å². The fraction of sp³-hybridized carbons (Fsp3) is 0.407. The summed E-state index contributed by atoms with van der Waals surface area (Å²) in [5, 5.41) is 11.3. The SMILES string of the molecule is CCOc1ccc(C(O)=C2C(=O)C(=O)N(CCCN(C)C)[C@H]2c2ccc(N(C)C)cc2)cc1C. The summed E-state index contributed by atoms with van der Waals surface area (Å²) in [7, 11) is 7.85. The van der Waals surface area contributed by atoms with E-state index in [1.165, 1.54) is 0 Å². The van der Waals surface area contributed by atoms with Crippen molar-refractivity contribution in [2.45, 2.75) is 26.3 Å². The second-order valence-corrected chi connectivity index (χ2v) is 9.05. The molecule has 0 spiro atoms. The highest BCUT2D eigenvalue weighted by atomic mass is 16.5. The van der Waals surface area contributed by atoms with Crippen LogP contribution in [0.3, 0.4) is 0 Å². The molecule has 7 nitrogen and oxygen atoms in total. The Hall–Kier alpha value is -3.32. The Morgan fingerprint density at radius 3 is 2.29 bits per heavy atom. The lowest BCUT2D eigenvalue weighted by Crippen LogP contribution is -2.32. The summed E-state index contributed by atoms with van der Waals surface area (Å²) >= 11 is 0. The van der Waals surface area contributed by atoms with Crippen LogP contribution < -0.4 is 9.64 Å². The molecule has 0 bridgehead atoms. The lowest BCUT2D eigenvalue weighted by atomic mass is 9.94. The van der Waals surface area contributed by atoms with Crippen molar-refractivity contribution in [2.75, 3.05) is 52.8 Å². The van der Waals surface area contributed by atoms with Crippen LogP contribution in [0.15, 0.2) is 48.0 Å². The van der Waals surface area contributed by atoms with Crippen LogP contribution in [0.4, 0.5) is 5.69 Å². The van der Waals surface area contributed by atoms with E-state index in [0.29, 0.717) is 25.1 Å². The molecule has 0 radical (unpaired) electrons. The van der Waals surface area contributed by atoms with Crippen LogP contribution in [-0.4, -0.2) is 74.5 Å². The molecule has 1 aliphatic rings. The van der Waals surface area contributed by atoms with Crippen molar-refractivity contribution in [1.29, 1.82) is 0 Å². The van der Waals surface area contributed by atoms with Crippen LogP contribution in [0, 0.1) is 6.92 Å². The highest BCUT2D eigenvalue weighted by molar-refractivity contribution is 6.46. The highest BCUT2D eigenvalue weighted by Crippen LogP contribution is 2.40. The van der Waals surface area contributed by atoms with E-state index in [1.807, 2.05) is 76.1 Å². The maximum Gasteiger partial charge on any atom is 0.295 e. The average molecular weight is 466 g/mol. The number of carbonyl (C=O) groups is 2. The molecule has 0 saturated carbocycles. The lowest BCUT2D eigenvalue weighted by molar-refractivity contribution is -0.139. The van der Waals surface area contributed by atoms with E-state index in [9.17, 15) is 14.7 Å². The predicted molar refractivity (Wildman–Crippen MR) is 135 cm³/mol. The monoisotopic (exact) mass is 465 g/mol. The normalized spacial score (nSPS) is 17.5. The van der Waals surface area contributed by atoms with Gasteiger partial charge in [0.05, 0.1) is 18.2 Å². The smallest absolute Gasteiger partial charge is 0.295 e. The zero-order chi connectivity index (χ0) is 25.0. The summed E-state index contributed by atoms with van der Waals surface area (Å²) in [6, 6.07) is 12.4. The molecule has 0 aliphatic carbocycles. The lowest BCUT2D eigenvalue weighted by Gasteiger charge is -2.26. The molecule has 1 amide bonds. The average Bonchev–Trinajstić information content (AvgIpc) is 3.05. The minimum atomic E-state index is -0.657. The van der Waals surface area contributed by atoms with Crippen molar-refractivity contribution in [3.05, 3.63) is 64.7 Å². The van der Waals surface area contributed by atoms with E-state index in [-0.39, 0.29) is 11.3 Å². The Kier molecular flexibility index (Phi) is 7.99. The topological polar surface area (TPSA) is 73.3 Å². The molecular formula is C27H35N3O4. The van der Waals surface area contributed by atoms with Gasteiger partial charge < -0.3 is 24.5 Å². The number of carbonyl (C=O) groups excluding carboxylic acids is 2. The third-order valence-electron chi connectivity index (χ3n) is 6.02. The molecule has 0 unspecified atom stereocenters. The molecule has 1 fully saturated rings. The molecule has 1 aliphatic heterocycles. The van der Waals surface area contributed by atoms with E-state index in [0.717, 1.165) is 29.1 Å². The number of nitrogens with zero attached hydrogens (tertiary/aromatic N) is 3. The summed E-state index contributed by atoms with van der Waals surface area (Å²) < 4.78 is 5.60. The third kappa shape index (κ3) is 5.25. The summed E-state index contributed by atoms with van der Waals surface area (Å²) in [4.78, 5) is 31.9. The van der Waals surface area contributed by atoms with Crippen molar-refractivity contribution in [1.82, 2.24) is 9.80 Å². The molecule has 1 N–H and O–H groups in total. The van der Waals surface area contributed by atoms with Gasteiger partial charge in [-0.05, 0) is 82.4 Å². The maximum atomic E-state index is 13.2. The second kappa shape index (κ2) is 10.7. The first kappa shape index (κ1) is 25.3. The Morgan fingerprint density at radius 2 is 1.74 bits per heavy atom. The van der Waals surface area contributed by atoms with E-state index < -0.39 is 17.7 Å². The molecule has 34 heavy (non-hydrogen) atoms. The molecule has 7 heteroatoms. The Bertz CT molecular complexity index is 1070. The van der Waals surface area contributed by atoms with Crippen molar-refractivity contribution in [2.24, 2.45) is 0 Å². The summed E-state index contributed by atoms with van der Waals surface area (Å²) in [5.74, 6) is -0.680. The number of amides is 1. The van der Waals surface area contributed by atoms with Crippen molar-refractivity contribution in [3.63, 3.8) is 0 Å². The number of hydrogen-bond donors (Lipinski definition) is 1.